The van der Waals surface area contributed by atoms with Gasteiger partial charge in [-0.25, -0.2) is 0 Å². The molecule has 0 aromatic rings. The molecular formula is C19H41N7O8. The van der Waals surface area contributed by atoms with Crippen LogP contribution in [0.15, 0.2) is 4.99 Å². The van der Waals surface area contributed by atoms with Gasteiger partial charge in [-0.15, -0.1) is 0 Å². The Hall–Kier alpha value is -3.01. The Balaban J connectivity index is -0.000000392. The van der Waals surface area contributed by atoms with Crippen LogP contribution < -0.4 is 34.0 Å². The molecule has 0 bridgehead atoms. The predicted octanol–water partition coefficient (Wildman–Crippen LogP) is -2.25. The lowest BCUT2D eigenvalue weighted by molar-refractivity contribution is -0.139. The molecule has 1 rings (SSSR count). The Morgan fingerprint density at radius 3 is 1.74 bits per heavy atom. The molecule has 3 atom stereocenters. The van der Waals surface area contributed by atoms with Crippen LogP contribution in [0.2, 0.25) is 0 Å². The Morgan fingerprint density at radius 1 is 1.00 bits per heavy atom. The molecule has 0 aliphatic carbocycles. The lowest BCUT2D eigenvalue weighted by atomic mass is 10.1. The summed E-state index contributed by atoms with van der Waals surface area (Å²) in [6.07, 6.45) is 3.29. The minimum atomic E-state index is -1.00. The molecule has 0 amide bonds. The molecule has 0 radical (unpaired) electrons. The highest BCUT2D eigenvalue weighted by molar-refractivity contribution is 5.75. The first-order valence-corrected chi connectivity index (χ1v) is 10.6. The second-order valence-corrected chi connectivity index (χ2v) is 7.55. The van der Waals surface area contributed by atoms with Gasteiger partial charge in [0.1, 0.15) is 18.1 Å². The Labute approximate surface area is 198 Å². The van der Waals surface area contributed by atoms with Crippen LogP contribution >= 0.6 is 0 Å². The molecular weight excluding hydrogens is 454 g/mol. The van der Waals surface area contributed by atoms with Gasteiger partial charge in [-0.3, -0.25) is 24.2 Å². The van der Waals surface area contributed by atoms with Gasteiger partial charge in [0.2, 0.25) is 0 Å². The molecule has 1 saturated heterocycles. The minimum Gasteiger partial charge on any atom is -0.480 e. The Bertz CT molecular complexity index is 622. The molecule has 1 aliphatic heterocycles. The van der Waals surface area contributed by atoms with Gasteiger partial charge < -0.3 is 54.4 Å². The van der Waals surface area contributed by atoms with Gasteiger partial charge in [-0.2, -0.15) is 0 Å². The standard InChI is InChI=1S/C6H14N4O2.C6H13NO2.C5H9NO2.C2H5NO2/c7-4(5(11)12)2-1-3-10-6(8)9;1-4(2)3-5(7)6(8)9;7-5(8)4-2-1-3-6-4;3-1-2(4)5/h4H,1-3,7H2,(H,11,12)(H4,8,9,10);4-5H,3,7H2,1-2H3,(H,8,9);4,6H,1-3H2,(H,7,8);1,3H2,(H,4,5)/t4-;5-;4-;/m000./s1. The van der Waals surface area contributed by atoms with E-state index in [1.165, 1.54) is 0 Å². The van der Waals surface area contributed by atoms with Crippen LogP contribution in [0.25, 0.3) is 0 Å². The molecule has 0 aromatic heterocycles. The van der Waals surface area contributed by atoms with Gasteiger partial charge in [0.05, 0.1) is 6.54 Å². The van der Waals surface area contributed by atoms with Crippen molar-refractivity contribution in [3.8, 4) is 0 Å². The van der Waals surface area contributed by atoms with E-state index in [1.807, 2.05) is 13.8 Å². The number of nitrogens with one attached hydrogen (secondary N) is 1. The quantitative estimate of drug-likeness (QED) is 0.0869. The summed E-state index contributed by atoms with van der Waals surface area (Å²) in [7, 11) is 0. The van der Waals surface area contributed by atoms with Crippen molar-refractivity contribution < 1.29 is 39.6 Å². The summed E-state index contributed by atoms with van der Waals surface area (Å²) in [5.41, 5.74) is 25.1. The second-order valence-electron chi connectivity index (χ2n) is 7.55. The van der Waals surface area contributed by atoms with Crippen molar-refractivity contribution in [3.63, 3.8) is 0 Å². The van der Waals surface area contributed by atoms with E-state index >= 15 is 0 Å². The zero-order valence-corrected chi connectivity index (χ0v) is 19.7. The van der Waals surface area contributed by atoms with Crippen LogP contribution in [0.5, 0.6) is 0 Å². The maximum Gasteiger partial charge on any atom is 0.320 e. The summed E-state index contributed by atoms with van der Waals surface area (Å²) < 4.78 is 0. The van der Waals surface area contributed by atoms with Gasteiger partial charge in [-0.05, 0) is 44.6 Å². The van der Waals surface area contributed by atoms with E-state index in [0.717, 1.165) is 19.4 Å². The topological polar surface area (TPSA) is 304 Å². The van der Waals surface area contributed by atoms with Crippen LogP contribution in [0.3, 0.4) is 0 Å². The Kier molecular flexibility index (Phi) is 22.8. The number of aliphatic imine (C=N–C) groups is 1. The van der Waals surface area contributed by atoms with Gasteiger partial charge in [0.25, 0.3) is 0 Å². The van der Waals surface area contributed by atoms with E-state index in [0.29, 0.717) is 31.7 Å². The highest BCUT2D eigenvalue weighted by Gasteiger charge is 2.20. The molecule has 15 nitrogen and oxygen atoms in total. The highest BCUT2D eigenvalue weighted by atomic mass is 16.4. The second kappa shape index (κ2) is 21.8. The first-order chi connectivity index (χ1) is 15.6. The molecule has 0 spiro atoms. The zero-order chi connectivity index (χ0) is 27.3. The number of hydrogen-bond donors (Lipinski definition) is 10. The average molecular weight is 496 g/mol. The number of carboxylic acids is 4. The van der Waals surface area contributed by atoms with Crippen LogP contribution in [-0.2, 0) is 19.2 Å². The van der Waals surface area contributed by atoms with Gasteiger partial charge in [0, 0.05) is 6.54 Å². The molecule has 1 aliphatic rings. The van der Waals surface area contributed by atoms with Crippen molar-refractivity contribution in [3.05, 3.63) is 0 Å². The highest BCUT2D eigenvalue weighted by Crippen LogP contribution is 2.03. The molecule has 0 saturated carbocycles. The molecule has 200 valence electrons. The van der Waals surface area contributed by atoms with Crippen LogP contribution in [0.1, 0.15) is 46.0 Å². The molecule has 34 heavy (non-hydrogen) atoms. The SMILES string of the molecule is CC(C)C[C@H](N)C(=O)O.NC(N)=NCCC[C@H](N)C(=O)O.NCC(=O)O.O=C(O)[C@@H]1CCCN1. The third-order valence-corrected chi connectivity index (χ3v) is 3.86. The molecule has 15 heteroatoms. The molecule has 0 aromatic carbocycles. The fourth-order valence-electron chi connectivity index (χ4n) is 2.15. The first kappa shape index (κ1) is 35.6. The van der Waals surface area contributed by atoms with E-state index < -0.39 is 36.0 Å². The third-order valence-electron chi connectivity index (χ3n) is 3.86. The lowest BCUT2D eigenvalue weighted by Gasteiger charge is -2.07. The first-order valence-electron chi connectivity index (χ1n) is 10.6. The summed E-state index contributed by atoms with van der Waals surface area (Å²) in [5.74, 6) is -3.23. The molecule has 1 heterocycles. The number of carbonyl (C=O) groups is 4. The van der Waals surface area contributed by atoms with Gasteiger partial charge in [0.15, 0.2) is 5.96 Å². The van der Waals surface area contributed by atoms with Gasteiger partial charge in [-0.1, -0.05) is 13.8 Å². The maximum atomic E-state index is 10.2. The molecule has 0 unspecified atom stereocenters. The average Bonchev–Trinajstić information content (AvgIpc) is 3.27. The normalized spacial score (nSPS) is 15.6. The monoisotopic (exact) mass is 495 g/mol. The number of rotatable bonds is 10. The number of aliphatic carboxylic acids is 4. The summed E-state index contributed by atoms with van der Waals surface area (Å²) in [6, 6.07) is -1.78. The largest absolute Gasteiger partial charge is 0.480 e. The molecule has 1 fully saturated rings. The van der Waals surface area contributed by atoms with E-state index in [-0.39, 0.29) is 18.5 Å². The smallest absolute Gasteiger partial charge is 0.320 e. The summed E-state index contributed by atoms with van der Waals surface area (Å²) >= 11 is 0. The maximum absolute atomic E-state index is 10.2. The van der Waals surface area contributed by atoms with Crippen molar-refractivity contribution >= 4 is 29.8 Å². The third kappa shape index (κ3) is 27.0. The number of carboxylic acid groups (broad SMARTS) is 4. The van der Waals surface area contributed by atoms with Crippen molar-refractivity contribution in [2.24, 2.45) is 39.6 Å². The zero-order valence-electron chi connectivity index (χ0n) is 19.7. The van der Waals surface area contributed by atoms with Crippen molar-refractivity contribution in [1.29, 1.82) is 0 Å². The van der Waals surface area contributed by atoms with Crippen molar-refractivity contribution in [1.82, 2.24) is 5.32 Å². The van der Waals surface area contributed by atoms with E-state index in [4.69, 9.17) is 43.4 Å². The van der Waals surface area contributed by atoms with Crippen molar-refractivity contribution in [2.75, 3.05) is 19.6 Å². The summed E-state index contributed by atoms with van der Waals surface area (Å²) in [4.78, 5) is 43.4. The van der Waals surface area contributed by atoms with Crippen LogP contribution in [0, 0.1) is 5.92 Å². The lowest BCUT2D eigenvalue weighted by Crippen LogP contribution is -2.31. The fraction of sp³-hybridized carbons (Fsp3) is 0.737. The summed E-state index contributed by atoms with van der Waals surface area (Å²) in [5, 5.41) is 35.5. The van der Waals surface area contributed by atoms with E-state index in [1.54, 1.807) is 0 Å². The van der Waals surface area contributed by atoms with Crippen LogP contribution in [0.4, 0.5) is 0 Å². The van der Waals surface area contributed by atoms with Crippen LogP contribution in [-0.4, -0.2) is 88.0 Å². The number of hydrogen-bond acceptors (Lipinski definition) is 9. The summed E-state index contributed by atoms with van der Waals surface area (Å²) in [6.45, 7) is 4.89. The number of nitrogens with two attached hydrogens (primary N) is 5. The predicted molar refractivity (Wildman–Crippen MR) is 126 cm³/mol. The van der Waals surface area contributed by atoms with Gasteiger partial charge >= 0.3 is 23.9 Å². The molecule has 15 N–H and O–H groups in total. The fourth-order valence-corrected chi connectivity index (χ4v) is 2.15. The number of guanidine groups is 1. The Morgan fingerprint density at radius 2 is 1.50 bits per heavy atom. The van der Waals surface area contributed by atoms with E-state index in [9.17, 15) is 19.2 Å². The number of nitrogens with zero attached hydrogens (tertiary/aromatic N) is 1. The van der Waals surface area contributed by atoms with E-state index in [2.05, 4.69) is 16.0 Å². The minimum absolute atomic E-state index is 0.0129. The van der Waals surface area contributed by atoms with Crippen molar-refractivity contribution in [2.45, 2.75) is 64.1 Å².